The van der Waals surface area contributed by atoms with Gasteiger partial charge in [0.15, 0.2) is 0 Å². The summed E-state index contributed by atoms with van der Waals surface area (Å²) in [7, 11) is 0. The van der Waals surface area contributed by atoms with Crippen molar-refractivity contribution in [2.45, 2.75) is 73.3 Å². The summed E-state index contributed by atoms with van der Waals surface area (Å²) in [5, 5.41) is 0. The van der Waals surface area contributed by atoms with E-state index in [0.717, 1.165) is 19.3 Å². The molecule has 0 heterocycles. The molecular formula is C19H35N. The molecule has 0 aliphatic heterocycles. The van der Waals surface area contributed by atoms with E-state index in [4.69, 9.17) is 5.73 Å². The van der Waals surface area contributed by atoms with Crippen LogP contribution in [-0.2, 0) is 0 Å². The highest BCUT2D eigenvalue weighted by Gasteiger charge is 2.24. The summed E-state index contributed by atoms with van der Waals surface area (Å²) in [4.78, 5) is 0. The van der Waals surface area contributed by atoms with Gasteiger partial charge in [0.05, 0.1) is 0 Å². The molecule has 0 bridgehead atoms. The van der Waals surface area contributed by atoms with E-state index in [0.29, 0.717) is 5.92 Å². The Hall–Kier alpha value is -0.820. The third-order valence-corrected chi connectivity index (χ3v) is 3.28. The third kappa shape index (κ3) is 10.0. The average Bonchev–Trinajstić information content (AvgIpc) is 2.21. The van der Waals surface area contributed by atoms with E-state index in [1.807, 2.05) is 13.0 Å². The van der Waals surface area contributed by atoms with Crippen LogP contribution in [0.4, 0.5) is 0 Å². The molecule has 0 aromatic carbocycles. The molecule has 0 spiro atoms. The Bertz CT molecular complexity index is 354. The summed E-state index contributed by atoms with van der Waals surface area (Å²) in [5.74, 6) is 0.647. The molecule has 0 amide bonds. The first-order chi connectivity index (χ1) is 9.08. The second kappa shape index (κ2) is 8.46. The molecular weight excluding hydrogens is 242 g/mol. The predicted molar refractivity (Wildman–Crippen MR) is 92.8 cm³/mol. The SMILES string of the molecule is C/C=C/C(C)(N)CC(C)(C)/C=C/CC/C(C)=C\C(C)C. The summed E-state index contributed by atoms with van der Waals surface area (Å²) in [6.07, 6.45) is 14.3. The molecule has 0 rings (SSSR count). The lowest BCUT2D eigenvalue weighted by Crippen LogP contribution is -2.38. The van der Waals surface area contributed by atoms with Crippen LogP contribution in [0.1, 0.15) is 67.7 Å². The molecule has 0 fully saturated rings. The molecule has 2 N–H and O–H groups in total. The Morgan fingerprint density at radius 2 is 1.75 bits per heavy atom. The molecule has 0 aliphatic carbocycles. The van der Waals surface area contributed by atoms with Gasteiger partial charge in [0.1, 0.15) is 0 Å². The van der Waals surface area contributed by atoms with Gasteiger partial charge in [0.25, 0.3) is 0 Å². The van der Waals surface area contributed by atoms with Gasteiger partial charge in [-0.3, -0.25) is 0 Å². The second-order valence-corrected chi connectivity index (χ2v) is 7.37. The van der Waals surface area contributed by atoms with E-state index < -0.39 is 0 Å². The van der Waals surface area contributed by atoms with E-state index in [-0.39, 0.29) is 11.0 Å². The van der Waals surface area contributed by atoms with E-state index in [9.17, 15) is 0 Å². The third-order valence-electron chi connectivity index (χ3n) is 3.28. The van der Waals surface area contributed by atoms with Crippen molar-refractivity contribution in [3.63, 3.8) is 0 Å². The Morgan fingerprint density at radius 3 is 2.25 bits per heavy atom. The number of rotatable bonds is 8. The molecule has 0 aromatic heterocycles. The minimum Gasteiger partial charge on any atom is -0.322 e. The Kier molecular flexibility index (Phi) is 8.12. The molecule has 0 aliphatic rings. The maximum absolute atomic E-state index is 6.29. The van der Waals surface area contributed by atoms with E-state index in [1.165, 1.54) is 5.57 Å². The molecule has 0 saturated heterocycles. The molecule has 1 atom stereocenters. The van der Waals surface area contributed by atoms with Crippen LogP contribution in [0.2, 0.25) is 0 Å². The fourth-order valence-corrected chi connectivity index (χ4v) is 2.85. The van der Waals surface area contributed by atoms with Crippen molar-refractivity contribution in [1.82, 2.24) is 0 Å². The number of allylic oxidation sites excluding steroid dienone is 5. The van der Waals surface area contributed by atoms with Gasteiger partial charge in [-0.05, 0) is 51.4 Å². The fraction of sp³-hybridized carbons (Fsp3) is 0.684. The molecule has 0 aromatic rings. The molecule has 1 heteroatoms. The van der Waals surface area contributed by atoms with Crippen LogP contribution in [0.3, 0.4) is 0 Å². The lowest BCUT2D eigenvalue weighted by Gasteiger charge is -2.30. The van der Waals surface area contributed by atoms with Crippen molar-refractivity contribution in [2.24, 2.45) is 17.1 Å². The quantitative estimate of drug-likeness (QED) is 0.571. The van der Waals surface area contributed by atoms with Crippen LogP contribution in [0.5, 0.6) is 0 Å². The van der Waals surface area contributed by atoms with Crippen LogP contribution in [0, 0.1) is 11.3 Å². The molecule has 1 nitrogen and oxygen atoms in total. The monoisotopic (exact) mass is 277 g/mol. The second-order valence-electron chi connectivity index (χ2n) is 7.37. The van der Waals surface area contributed by atoms with Crippen LogP contribution in [0.25, 0.3) is 0 Å². The van der Waals surface area contributed by atoms with E-state index >= 15 is 0 Å². The van der Waals surface area contributed by atoms with Crippen molar-refractivity contribution in [3.05, 3.63) is 36.0 Å². The summed E-state index contributed by atoms with van der Waals surface area (Å²) in [6, 6.07) is 0. The largest absolute Gasteiger partial charge is 0.322 e. The number of hydrogen-bond donors (Lipinski definition) is 1. The zero-order chi connectivity index (χ0) is 15.8. The highest BCUT2D eigenvalue weighted by Crippen LogP contribution is 2.29. The van der Waals surface area contributed by atoms with Gasteiger partial charge in [0, 0.05) is 5.54 Å². The standard InChI is InChI=1S/C19H35N/c1-8-12-19(7,20)15-18(5,6)13-10-9-11-17(4)14-16(2)3/h8,10,12-14,16H,9,11,15,20H2,1-7H3/b12-8+,13-10+,17-14-. The number of hydrogen-bond acceptors (Lipinski definition) is 1. The zero-order valence-corrected chi connectivity index (χ0v) is 14.7. The van der Waals surface area contributed by atoms with Crippen LogP contribution in [0.15, 0.2) is 36.0 Å². The summed E-state index contributed by atoms with van der Waals surface area (Å²) in [6.45, 7) is 15.3. The van der Waals surface area contributed by atoms with Crippen LogP contribution in [-0.4, -0.2) is 5.54 Å². The Balaban J connectivity index is 4.37. The van der Waals surface area contributed by atoms with Gasteiger partial charge in [-0.2, -0.15) is 0 Å². The summed E-state index contributed by atoms with van der Waals surface area (Å²) < 4.78 is 0. The predicted octanol–water partition coefficient (Wildman–Crippen LogP) is 5.63. The smallest absolute Gasteiger partial charge is 0.0318 e. The molecule has 20 heavy (non-hydrogen) atoms. The van der Waals surface area contributed by atoms with E-state index in [2.05, 4.69) is 65.8 Å². The van der Waals surface area contributed by atoms with Crippen molar-refractivity contribution in [2.75, 3.05) is 0 Å². The summed E-state index contributed by atoms with van der Waals surface area (Å²) in [5.41, 5.74) is 7.69. The first-order valence-corrected chi connectivity index (χ1v) is 7.86. The Morgan fingerprint density at radius 1 is 1.15 bits per heavy atom. The highest BCUT2D eigenvalue weighted by molar-refractivity contribution is 5.08. The fourth-order valence-electron chi connectivity index (χ4n) is 2.85. The Labute approximate surface area is 127 Å². The van der Waals surface area contributed by atoms with Crippen molar-refractivity contribution in [3.8, 4) is 0 Å². The van der Waals surface area contributed by atoms with Crippen LogP contribution < -0.4 is 5.73 Å². The van der Waals surface area contributed by atoms with Crippen molar-refractivity contribution >= 4 is 0 Å². The first kappa shape index (κ1) is 19.2. The minimum absolute atomic E-state index is 0.138. The van der Waals surface area contributed by atoms with Gasteiger partial charge in [-0.15, -0.1) is 0 Å². The van der Waals surface area contributed by atoms with Gasteiger partial charge >= 0.3 is 0 Å². The van der Waals surface area contributed by atoms with Gasteiger partial charge in [-0.1, -0.05) is 63.6 Å². The highest BCUT2D eigenvalue weighted by atomic mass is 14.7. The normalized spacial score (nSPS) is 17.4. The average molecular weight is 277 g/mol. The van der Waals surface area contributed by atoms with Gasteiger partial charge < -0.3 is 5.73 Å². The number of nitrogens with two attached hydrogens (primary N) is 1. The molecule has 1 unspecified atom stereocenters. The van der Waals surface area contributed by atoms with E-state index in [1.54, 1.807) is 0 Å². The molecule has 0 saturated carbocycles. The summed E-state index contributed by atoms with van der Waals surface area (Å²) >= 11 is 0. The van der Waals surface area contributed by atoms with Crippen molar-refractivity contribution in [1.29, 1.82) is 0 Å². The lowest BCUT2D eigenvalue weighted by molar-refractivity contribution is 0.348. The molecule has 116 valence electrons. The maximum Gasteiger partial charge on any atom is 0.0318 e. The lowest BCUT2D eigenvalue weighted by atomic mass is 9.79. The van der Waals surface area contributed by atoms with Crippen molar-refractivity contribution < 1.29 is 0 Å². The topological polar surface area (TPSA) is 26.0 Å². The maximum atomic E-state index is 6.29. The van der Waals surface area contributed by atoms with Gasteiger partial charge in [0.2, 0.25) is 0 Å². The van der Waals surface area contributed by atoms with Crippen LogP contribution >= 0.6 is 0 Å². The minimum atomic E-state index is -0.226. The first-order valence-electron chi connectivity index (χ1n) is 7.86. The molecule has 0 radical (unpaired) electrons. The zero-order valence-electron chi connectivity index (χ0n) is 14.7. The van der Waals surface area contributed by atoms with Gasteiger partial charge in [-0.25, -0.2) is 0 Å².